The normalized spacial score (nSPS) is 12.1. The Morgan fingerprint density at radius 2 is 1.98 bits per heavy atom. The van der Waals surface area contributed by atoms with Crippen LogP contribution in [0.3, 0.4) is 0 Å². The molecule has 4 rings (SSSR count). The fourth-order valence-corrected chi connectivity index (χ4v) is 3.76. The molecule has 0 aliphatic carbocycles. The number of halogens is 5. The molecule has 42 heavy (non-hydrogen) atoms. The smallest absolute Gasteiger partial charge is 0.406 e. The number of nitrogens with one attached hydrogen (secondary N) is 2. The molecule has 0 saturated carbocycles. The van der Waals surface area contributed by atoms with Gasteiger partial charge in [0, 0.05) is 37.1 Å². The first-order chi connectivity index (χ1) is 20.0. The molecule has 0 aliphatic heterocycles. The molecule has 2 amide bonds. The highest BCUT2D eigenvalue weighted by Crippen LogP contribution is 2.24. The van der Waals surface area contributed by atoms with Crippen LogP contribution in [0.1, 0.15) is 44.2 Å². The van der Waals surface area contributed by atoms with Gasteiger partial charge < -0.3 is 15.0 Å². The lowest BCUT2D eigenvalue weighted by Crippen LogP contribution is -2.33. The van der Waals surface area contributed by atoms with Crippen LogP contribution >= 0.6 is 0 Å². The number of pyridine rings is 1. The van der Waals surface area contributed by atoms with Crippen LogP contribution in [0, 0.1) is 12.7 Å². The average molecular weight is 594 g/mol. The summed E-state index contributed by atoms with van der Waals surface area (Å²) in [6.07, 6.45) is -2.42. The molecule has 222 valence electrons. The molecule has 1 unspecified atom stereocenters. The SMILES string of the molecule is Cc1ccc(CN(CCC(F)Cn2cc(C(=O)NCc3cc(OC(F)(F)F)ccc3F)nn2)C(=O)c2c[nH]nn2)cn1. The van der Waals surface area contributed by atoms with Crippen LogP contribution in [0.5, 0.6) is 5.75 Å². The third-order valence-electron chi connectivity index (χ3n) is 5.83. The standard InChI is InChI=1S/C25H24F5N9O3/c1-15-2-3-16(9-31-15)12-38(24(41)21-11-33-36-34-21)7-6-18(26)13-39-14-22(35-37-39)23(40)32-10-17-8-19(4-5-20(17)27)42-25(28,29)30/h2-5,8-9,11,14,18H,6-7,10,12-13H2,1H3,(H,32,40)(H,33,34,36). The molecule has 2 N–H and O–H groups in total. The van der Waals surface area contributed by atoms with Crippen molar-refractivity contribution in [1.82, 2.24) is 45.6 Å². The van der Waals surface area contributed by atoms with Gasteiger partial charge in [0.15, 0.2) is 11.4 Å². The molecule has 3 aromatic heterocycles. The van der Waals surface area contributed by atoms with Crippen molar-refractivity contribution in [3.05, 3.63) is 82.9 Å². The number of carbonyl (C=O) groups is 2. The molecule has 1 atom stereocenters. The van der Waals surface area contributed by atoms with Crippen molar-refractivity contribution in [3.63, 3.8) is 0 Å². The third kappa shape index (κ3) is 8.52. The highest BCUT2D eigenvalue weighted by Gasteiger charge is 2.31. The summed E-state index contributed by atoms with van der Waals surface area (Å²) in [4.78, 5) is 30.9. The number of aromatic nitrogens is 7. The fourth-order valence-electron chi connectivity index (χ4n) is 3.76. The van der Waals surface area contributed by atoms with Crippen molar-refractivity contribution in [2.75, 3.05) is 6.54 Å². The van der Waals surface area contributed by atoms with Crippen LogP contribution in [0.15, 0.2) is 48.9 Å². The van der Waals surface area contributed by atoms with E-state index < -0.39 is 42.5 Å². The summed E-state index contributed by atoms with van der Waals surface area (Å²) in [7, 11) is 0. The molecule has 0 bridgehead atoms. The lowest BCUT2D eigenvalue weighted by atomic mass is 10.2. The van der Waals surface area contributed by atoms with E-state index in [0.717, 1.165) is 40.3 Å². The number of nitrogens with zero attached hydrogens (tertiary/aromatic N) is 7. The maximum absolute atomic E-state index is 14.9. The summed E-state index contributed by atoms with van der Waals surface area (Å²) in [5.74, 6) is -2.77. The van der Waals surface area contributed by atoms with Gasteiger partial charge in [-0.15, -0.1) is 23.4 Å². The molecule has 3 heterocycles. The van der Waals surface area contributed by atoms with Crippen molar-refractivity contribution in [3.8, 4) is 5.75 Å². The molecule has 0 spiro atoms. The quantitative estimate of drug-likeness (QED) is 0.239. The van der Waals surface area contributed by atoms with Gasteiger partial charge >= 0.3 is 6.36 Å². The van der Waals surface area contributed by atoms with Crippen molar-refractivity contribution < 1.29 is 36.3 Å². The van der Waals surface area contributed by atoms with Crippen molar-refractivity contribution in [2.45, 2.75) is 45.5 Å². The summed E-state index contributed by atoms with van der Waals surface area (Å²) >= 11 is 0. The third-order valence-corrected chi connectivity index (χ3v) is 5.83. The van der Waals surface area contributed by atoms with E-state index in [1.165, 1.54) is 11.1 Å². The fraction of sp³-hybridized carbons (Fsp3) is 0.320. The second-order valence-corrected chi connectivity index (χ2v) is 9.09. The first-order valence-electron chi connectivity index (χ1n) is 12.4. The average Bonchev–Trinajstić information content (AvgIpc) is 3.64. The number of benzene rings is 1. The lowest BCUT2D eigenvalue weighted by Gasteiger charge is -2.22. The maximum Gasteiger partial charge on any atom is 0.573 e. The van der Waals surface area contributed by atoms with Crippen LogP contribution in [0.2, 0.25) is 0 Å². The Morgan fingerprint density at radius 3 is 2.67 bits per heavy atom. The topological polar surface area (TPSA) is 144 Å². The van der Waals surface area contributed by atoms with Crippen LogP contribution in [0.25, 0.3) is 0 Å². The highest BCUT2D eigenvalue weighted by atomic mass is 19.4. The Morgan fingerprint density at radius 1 is 1.17 bits per heavy atom. The molecule has 1 aromatic carbocycles. The Kier molecular flexibility index (Phi) is 9.39. The Bertz CT molecular complexity index is 1490. The summed E-state index contributed by atoms with van der Waals surface area (Å²) < 4.78 is 71.1. The number of hydrogen-bond acceptors (Lipinski definition) is 8. The van der Waals surface area contributed by atoms with E-state index in [4.69, 9.17) is 0 Å². The number of aryl methyl sites for hydroxylation is 1. The second-order valence-electron chi connectivity index (χ2n) is 9.09. The number of alkyl halides is 4. The Balaban J connectivity index is 1.32. The largest absolute Gasteiger partial charge is 0.573 e. The van der Waals surface area contributed by atoms with E-state index in [1.54, 1.807) is 12.3 Å². The van der Waals surface area contributed by atoms with Gasteiger partial charge in [-0.3, -0.25) is 19.7 Å². The monoisotopic (exact) mass is 593 g/mol. The van der Waals surface area contributed by atoms with Gasteiger partial charge in [0.1, 0.15) is 17.7 Å². The van der Waals surface area contributed by atoms with Crippen LogP contribution in [-0.4, -0.2) is 71.2 Å². The van der Waals surface area contributed by atoms with Crippen LogP contribution in [-0.2, 0) is 19.6 Å². The number of H-pyrrole nitrogens is 1. The van der Waals surface area contributed by atoms with E-state index in [0.29, 0.717) is 0 Å². The first kappa shape index (κ1) is 30.0. The van der Waals surface area contributed by atoms with Crippen molar-refractivity contribution in [1.29, 1.82) is 0 Å². The minimum Gasteiger partial charge on any atom is -0.406 e. The Hall–Kier alpha value is -4.96. The molecule has 0 fully saturated rings. The molecule has 0 radical (unpaired) electrons. The van der Waals surface area contributed by atoms with E-state index in [2.05, 4.69) is 40.8 Å². The van der Waals surface area contributed by atoms with E-state index in [-0.39, 0.29) is 43.0 Å². The van der Waals surface area contributed by atoms with E-state index in [1.807, 2.05) is 13.0 Å². The van der Waals surface area contributed by atoms with Gasteiger partial charge in [-0.25, -0.2) is 13.5 Å². The summed E-state index contributed by atoms with van der Waals surface area (Å²) in [5, 5.41) is 19.4. The summed E-state index contributed by atoms with van der Waals surface area (Å²) in [5.41, 5.74) is 1.12. The van der Waals surface area contributed by atoms with Gasteiger partial charge in [0.05, 0.1) is 18.9 Å². The number of ether oxygens (including phenoxy) is 1. The molecule has 0 aliphatic rings. The highest BCUT2D eigenvalue weighted by molar-refractivity contribution is 5.92. The number of rotatable bonds is 12. The summed E-state index contributed by atoms with van der Waals surface area (Å²) in [6.45, 7) is 1.25. The van der Waals surface area contributed by atoms with Crippen molar-refractivity contribution in [2.24, 2.45) is 0 Å². The molecular weight excluding hydrogens is 569 g/mol. The number of amides is 2. The van der Waals surface area contributed by atoms with Gasteiger partial charge in [-0.1, -0.05) is 16.5 Å². The predicted molar refractivity (Wildman–Crippen MR) is 134 cm³/mol. The second kappa shape index (κ2) is 13.1. The zero-order chi connectivity index (χ0) is 30.3. The number of carbonyl (C=O) groups excluding carboxylic acids is 2. The maximum atomic E-state index is 14.9. The van der Waals surface area contributed by atoms with Gasteiger partial charge in [-0.2, -0.15) is 0 Å². The van der Waals surface area contributed by atoms with Crippen molar-refractivity contribution >= 4 is 11.8 Å². The molecular formula is C25H24F5N9O3. The number of aromatic amines is 1. The predicted octanol–water partition coefficient (Wildman–Crippen LogP) is 3.14. The van der Waals surface area contributed by atoms with Gasteiger partial charge in [0.2, 0.25) is 0 Å². The zero-order valence-corrected chi connectivity index (χ0v) is 22.0. The zero-order valence-electron chi connectivity index (χ0n) is 22.0. The van der Waals surface area contributed by atoms with Gasteiger partial charge in [-0.05, 0) is 43.2 Å². The van der Waals surface area contributed by atoms with E-state index >= 15 is 0 Å². The first-order valence-corrected chi connectivity index (χ1v) is 12.4. The van der Waals surface area contributed by atoms with Crippen LogP contribution in [0.4, 0.5) is 22.0 Å². The molecule has 17 heteroatoms. The van der Waals surface area contributed by atoms with Gasteiger partial charge in [0.25, 0.3) is 11.8 Å². The minimum absolute atomic E-state index is 0.0193. The lowest BCUT2D eigenvalue weighted by molar-refractivity contribution is -0.274. The Labute approximate surface area is 234 Å². The minimum atomic E-state index is -4.96. The molecule has 12 nitrogen and oxygen atoms in total. The summed E-state index contributed by atoms with van der Waals surface area (Å²) in [6, 6.07) is 5.98. The molecule has 0 saturated heterocycles. The van der Waals surface area contributed by atoms with E-state index in [9.17, 15) is 31.5 Å². The number of hydrogen-bond donors (Lipinski definition) is 2. The molecule has 4 aromatic rings. The van der Waals surface area contributed by atoms with Crippen LogP contribution < -0.4 is 10.1 Å².